The van der Waals surface area contributed by atoms with E-state index in [0.717, 1.165) is 23.7 Å². The highest BCUT2D eigenvalue weighted by molar-refractivity contribution is 8.93. The number of methoxy groups -OCH3 is 1. The number of para-hydroxylation sites is 2. The van der Waals surface area contributed by atoms with E-state index < -0.39 is 0 Å². The van der Waals surface area contributed by atoms with Crippen molar-refractivity contribution in [2.24, 2.45) is 10.7 Å². The molecule has 0 bridgehead atoms. The zero-order valence-corrected chi connectivity index (χ0v) is 16.4. The van der Waals surface area contributed by atoms with Gasteiger partial charge in [0.1, 0.15) is 12.4 Å². The van der Waals surface area contributed by atoms with Crippen LogP contribution in [0.15, 0.2) is 53.5 Å². The minimum absolute atomic E-state index is 0. The number of ether oxygens (including phenoxy) is 3. The Labute approximate surface area is 164 Å². The lowest BCUT2D eigenvalue weighted by molar-refractivity contribution is 0.0972. The second-order valence-electron chi connectivity index (χ2n) is 5.75. The maximum atomic E-state index is 5.92. The van der Waals surface area contributed by atoms with E-state index >= 15 is 0 Å². The normalized spacial score (nSPS) is 15.7. The summed E-state index contributed by atoms with van der Waals surface area (Å²) in [7, 11) is 1.66. The van der Waals surface area contributed by atoms with Gasteiger partial charge in [-0.05, 0) is 36.2 Å². The smallest absolute Gasteiger partial charge is 0.188 e. The molecule has 1 atom stereocenters. The highest BCUT2D eigenvalue weighted by Gasteiger charge is 2.20. The zero-order chi connectivity index (χ0) is 17.5. The molecule has 0 aromatic heterocycles. The molecule has 3 rings (SSSR count). The van der Waals surface area contributed by atoms with Crippen molar-refractivity contribution in [3.05, 3.63) is 54.1 Å². The summed E-state index contributed by atoms with van der Waals surface area (Å²) < 4.78 is 16.7. The first kappa shape index (κ1) is 19.9. The van der Waals surface area contributed by atoms with Crippen LogP contribution in [-0.4, -0.2) is 38.9 Å². The van der Waals surface area contributed by atoms with E-state index in [0.29, 0.717) is 25.7 Å². The molecule has 3 N–H and O–H groups in total. The second-order valence-corrected chi connectivity index (χ2v) is 5.75. The molecule has 6 nitrogen and oxygen atoms in total. The Morgan fingerprint density at radius 3 is 2.65 bits per heavy atom. The molecule has 0 radical (unpaired) electrons. The zero-order valence-electron chi connectivity index (χ0n) is 14.7. The minimum atomic E-state index is -0.128. The largest absolute Gasteiger partial charge is 0.497 e. The van der Waals surface area contributed by atoms with Crippen LogP contribution in [-0.2, 0) is 6.42 Å². The molecule has 0 fully saturated rings. The van der Waals surface area contributed by atoms with Gasteiger partial charge in [0.15, 0.2) is 23.6 Å². The number of halogens is 1. The number of nitrogens with zero attached hydrogens (tertiary/aromatic N) is 1. The molecular weight excluding hydrogens is 398 g/mol. The number of guanidine groups is 1. The SMILES string of the molecule is Br.COc1ccc(CCNC(N)=NCC2COc3ccccc3O2)cc1. The third-order valence-electron chi connectivity index (χ3n) is 3.91. The first-order chi connectivity index (χ1) is 12.2. The fourth-order valence-electron chi connectivity index (χ4n) is 2.54. The van der Waals surface area contributed by atoms with Crippen molar-refractivity contribution in [3.8, 4) is 17.2 Å². The van der Waals surface area contributed by atoms with Gasteiger partial charge in [-0.15, -0.1) is 17.0 Å². The Morgan fingerprint density at radius 1 is 1.19 bits per heavy atom. The van der Waals surface area contributed by atoms with Crippen LogP contribution in [0.2, 0.25) is 0 Å². The fourth-order valence-corrected chi connectivity index (χ4v) is 2.54. The lowest BCUT2D eigenvalue weighted by Gasteiger charge is -2.25. The molecule has 1 aliphatic heterocycles. The van der Waals surface area contributed by atoms with Gasteiger partial charge in [0, 0.05) is 6.54 Å². The average molecular weight is 422 g/mol. The lowest BCUT2D eigenvalue weighted by Crippen LogP contribution is -2.36. The number of benzene rings is 2. The van der Waals surface area contributed by atoms with Crippen LogP contribution in [0.25, 0.3) is 0 Å². The van der Waals surface area contributed by atoms with Gasteiger partial charge in [-0.3, -0.25) is 0 Å². The summed E-state index contributed by atoms with van der Waals surface area (Å²) in [6, 6.07) is 15.6. The van der Waals surface area contributed by atoms with Gasteiger partial charge in [-0.25, -0.2) is 4.99 Å². The Morgan fingerprint density at radius 2 is 1.92 bits per heavy atom. The summed E-state index contributed by atoms with van der Waals surface area (Å²) in [5.41, 5.74) is 7.13. The summed E-state index contributed by atoms with van der Waals surface area (Å²) in [6.45, 7) is 1.64. The number of nitrogens with two attached hydrogens (primary N) is 1. The molecule has 7 heteroatoms. The van der Waals surface area contributed by atoms with Crippen molar-refractivity contribution in [1.82, 2.24) is 5.32 Å². The van der Waals surface area contributed by atoms with Gasteiger partial charge in [0.05, 0.1) is 13.7 Å². The van der Waals surface area contributed by atoms with Crippen LogP contribution in [0, 0.1) is 0 Å². The van der Waals surface area contributed by atoms with Crippen molar-refractivity contribution < 1.29 is 14.2 Å². The molecule has 0 saturated heterocycles. The van der Waals surface area contributed by atoms with E-state index in [-0.39, 0.29) is 23.1 Å². The van der Waals surface area contributed by atoms with Gasteiger partial charge in [0.2, 0.25) is 0 Å². The van der Waals surface area contributed by atoms with Crippen LogP contribution in [0.3, 0.4) is 0 Å². The predicted molar refractivity (Wildman–Crippen MR) is 108 cm³/mol. The molecule has 0 amide bonds. The van der Waals surface area contributed by atoms with Crippen LogP contribution < -0.4 is 25.3 Å². The van der Waals surface area contributed by atoms with Crippen LogP contribution in [0.1, 0.15) is 5.56 Å². The van der Waals surface area contributed by atoms with Crippen molar-refractivity contribution >= 4 is 22.9 Å². The number of hydrogen-bond donors (Lipinski definition) is 2. The summed E-state index contributed by atoms with van der Waals surface area (Å²) in [5.74, 6) is 2.79. The van der Waals surface area contributed by atoms with Gasteiger partial charge in [0.25, 0.3) is 0 Å². The molecule has 2 aromatic carbocycles. The van der Waals surface area contributed by atoms with Gasteiger partial charge in [-0.2, -0.15) is 0 Å². The molecule has 1 aliphatic rings. The van der Waals surface area contributed by atoms with Crippen LogP contribution >= 0.6 is 17.0 Å². The standard InChI is InChI=1S/C19H23N3O3.BrH/c1-23-15-8-6-14(7-9-15)10-11-21-19(20)22-12-16-13-24-17-4-2-3-5-18(17)25-16;/h2-9,16H,10-13H2,1H3,(H3,20,21,22);1H. The van der Waals surface area contributed by atoms with Gasteiger partial charge in [-0.1, -0.05) is 24.3 Å². The van der Waals surface area contributed by atoms with E-state index in [1.807, 2.05) is 48.5 Å². The number of aliphatic imine (C=N–C) groups is 1. The fraction of sp³-hybridized carbons (Fsp3) is 0.316. The summed E-state index contributed by atoms with van der Waals surface area (Å²) in [6.07, 6.45) is 0.730. The molecule has 0 spiro atoms. The molecule has 0 aliphatic carbocycles. The van der Waals surface area contributed by atoms with E-state index in [1.54, 1.807) is 7.11 Å². The number of fused-ring (bicyclic) bond motifs is 1. The van der Waals surface area contributed by atoms with Crippen molar-refractivity contribution in [1.29, 1.82) is 0 Å². The molecule has 140 valence electrons. The minimum Gasteiger partial charge on any atom is -0.497 e. The van der Waals surface area contributed by atoms with Gasteiger partial charge >= 0.3 is 0 Å². The third-order valence-corrected chi connectivity index (χ3v) is 3.91. The number of rotatable bonds is 6. The maximum absolute atomic E-state index is 5.92. The topological polar surface area (TPSA) is 78.1 Å². The molecular formula is C19H24BrN3O3. The van der Waals surface area contributed by atoms with E-state index in [9.17, 15) is 0 Å². The third kappa shape index (κ3) is 5.56. The van der Waals surface area contributed by atoms with Gasteiger partial charge < -0.3 is 25.3 Å². The Bertz CT molecular complexity index is 722. The average Bonchev–Trinajstić information content (AvgIpc) is 2.67. The Hall–Kier alpha value is -2.41. The first-order valence-electron chi connectivity index (χ1n) is 8.30. The highest BCUT2D eigenvalue weighted by Crippen LogP contribution is 2.30. The lowest BCUT2D eigenvalue weighted by atomic mass is 10.1. The monoisotopic (exact) mass is 421 g/mol. The van der Waals surface area contributed by atoms with Crippen LogP contribution in [0.4, 0.5) is 0 Å². The van der Waals surface area contributed by atoms with Crippen molar-refractivity contribution in [2.45, 2.75) is 12.5 Å². The highest BCUT2D eigenvalue weighted by atomic mass is 79.9. The van der Waals surface area contributed by atoms with Crippen molar-refractivity contribution in [3.63, 3.8) is 0 Å². The van der Waals surface area contributed by atoms with E-state index in [2.05, 4.69) is 10.3 Å². The first-order valence-corrected chi connectivity index (χ1v) is 8.30. The van der Waals surface area contributed by atoms with Crippen molar-refractivity contribution in [2.75, 3.05) is 26.8 Å². The molecule has 1 unspecified atom stereocenters. The molecule has 1 heterocycles. The van der Waals surface area contributed by atoms with E-state index in [4.69, 9.17) is 19.9 Å². The summed E-state index contributed by atoms with van der Waals surface area (Å²) in [4.78, 5) is 4.34. The summed E-state index contributed by atoms with van der Waals surface area (Å²) in [5, 5.41) is 3.12. The van der Waals surface area contributed by atoms with Crippen LogP contribution in [0.5, 0.6) is 17.2 Å². The second kappa shape index (κ2) is 9.91. The maximum Gasteiger partial charge on any atom is 0.188 e. The molecule has 2 aromatic rings. The van der Waals surface area contributed by atoms with E-state index in [1.165, 1.54) is 5.56 Å². The Balaban J connectivity index is 0.00000243. The molecule has 26 heavy (non-hydrogen) atoms. The quantitative estimate of drug-likeness (QED) is 0.553. The number of nitrogens with one attached hydrogen (secondary N) is 1. The predicted octanol–water partition coefficient (Wildman–Crippen LogP) is 2.56. The number of hydrogen-bond acceptors (Lipinski definition) is 4. The molecule has 0 saturated carbocycles. The summed E-state index contributed by atoms with van der Waals surface area (Å²) >= 11 is 0. The Kier molecular flexibility index (Phi) is 7.59.